The number of aromatic nitrogens is 4. The highest BCUT2D eigenvalue weighted by atomic mass is 16.1. The van der Waals surface area contributed by atoms with Crippen LogP contribution in [0.1, 0.15) is 11.4 Å². The molecule has 0 aliphatic heterocycles. The lowest BCUT2D eigenvalue weighted by molar-refractivity contribution is -0.334. The Morgan fingerprint density at radius 1 is 1.29 bits per heavy atom. The summed E-state index contributed by atoms with van der Waals surface area (Å²) in [5.74, 6) is 0.181. The summed E-state index contributed by atoms with van der Waals surface area (Å²) in [6.45, 7) is 3.63. The van der Waals surface area contributed by atoms with Gasteiger partial charge in [-0.05, 0) is 13.8 Å². The number of nitrogens with two attached hydrogens (primary N) is 1. The van der Waals surface area contributed by atoms with Crippen molar-refractivity contribution >= 4 is 17.1 Å². The predicted molar refractivity (Wildman–Crippen MR) is 50.6 cm³/mol. The minimum atomic E-state index is -0.327. The molecule has 0 amide bonds. The summed E-state index contributed by atoms with van der Waals surface area (Å²) in [4.78, 5) is 24.9. The van der Waals surface area contributed by atoms with E-state index in [9.17, 15) is 4.79 Å². The van der Waals surface area contributed by atoms with E-state index < -0.39 is 0 Å². The zero-order valence-corrected chi connectivity index (χ0v) is 7.88. The summed E-state index contributed by atoms with van der Waals surface area (Å²) in [5.41, 5.74) is 7.31. The van der Waals surface area contributed by atoms with Gasteiger partial charge >= 0.3 is 11.5 Å². The first-order chi connectivity index (χ1) is 6.58. The Balaban J connectivity index is 2.96. The van der Waals surface area contributed by atoms with Gasteiger partial charge in [-0.3, -0.25) is 4.79 Å². The maximum absolute atomic E-state index is 11.4. The molecule has 0 bridgehead atoms. The minimum absolute atomic E-state index is 0.181. The van der Waals surface area contributed by atoms with Crippen molar-refractivity contribution in [1.82, 2.24) is 15.0 Å². The standard InChI is InChI=1S/C8H9N5O/c1-3-4(2)11-6-5(10-3)7(14)13-8(9)12-6/h1-2H3,(H3,9,11,12,13,14)/p+1. The zero-order chi connectivity index (χ0) is 10.3. The summed E-state index contributed by atoms with van der Waals surface area (Å²) in [6, 6.07) is 0. The lowest BCUT2D eigenvalue weighted by Gasteiger charge is -1.96. The SMILES string of the molecule is Cc1nc2[nH+]c(N)[nH]c(=O)c2nc1C. The third-order valence-electron chi connectivity index (χ3n) is 2.02. The van der Waals surface area contributed by atoms with E-state index in [4.69, 9.17) is 5.73 Å². The van der Waals surface area contributed by atoms with Crippen LogP contribution in [0.3, 0.4) is 0 Å². The number of nitrogen functional groups attached to an aromatic ring is 1. The van der Waals surface area contributed by atoms with Crippen LogP contribution in [0.2, 0.25) is 0 Å². The van der Waals surface area contributed by atoms with Crippen LogP contribution >= 0.6 is 0 Å². The number of hydrogen-bond acceptors (Lipinski definition) is 4. The molecular weight excluding hydrogens is 182 g/mol. The summed E-state index contributed by atoms with van der Waals surface area (Å²) in [7, 11) is 0. The Morgan fingerprint density at radius 2 is 1.93 bits per heavy atom. The van der Waals surface area contributed by atoms with Crippen LogP contribution in [0.5, 0.6) is 0 Å². The summed E-state index contributed by atoms with van der Waals surface area (Å²) >= 11 is 0. The van der Waals surface area contributed by atoms with Gasteiger partial charge in [0.1, 0.15) is 5.69 Å². The molecule has 0 saturated carbocycles. The third-order valence-corrected chi connectivity index (χ3v) is 2.02. The Morgan fingerprint density at radius 3 is 2.64 bits per heavy atom. The first-order valence-corrected chi connectivity index (χ1v) is 4.14. The van der Waals surface area contributed by atoms with E-state index in [0.29, 0.717) is 5.65 Å². The van der Waals surface area contributed by atoms with E-state index in [1.165, 1.54) is 0 Å². The van der Waals surface area contributed by atoms with Crippen molar-refractivity contribution in [3.8, 4) is 0 Å². The molecule has 0 aliphatic carbocycles. The van der Waals surface area contributed by atoms with Gasteiger partial charge in [0.2, 0.25) is 5.52 Å². The molecule has 2 rings (SSSR count). The van der Waals surface area contributed by atoms with Crippen LogP contribution in [-0.2, 0) is 0 Å². The molecule has 0 unspecified atom stereocenters. The van der Waals surface area contributed by atoms with Crippen molar-refractivity contribution in [2.75, 3.05) is 5.73 Å². The van der Waals surface area contributed by atoms with Gasteiger partial charge in [-0.25, -0.2) is 15.0 Å². The molecule has 0 radical (unpaired) electrons. The molecule has 0 saturated heterocycles. The molecule has 2 aromatic rings. The Hall–Kier alpha value is -1.98. The molecule has 0 aliphatic rings. The van der Waals surface area contributed by atoms with Gasteiger partial charge in [-0.1, -0.05) is 0 Å². The molecule has 0 fully saturated rings. The van der Waals surface area contributed by atoms with Gasteiger partial charge in [0.15, 0.2) is 0 Å². The lowest BCUT2D eigenvalue weighted by atomic mass is 10.3. The van der Waals surface area contributed by atoms with Crippen LogP contribution < -0.4 is 16.3 Å². The molecule has 6 heteroatoms. The molecule has 0 aromatic carbocycles. The third kappa shape index (κ3) is 1.20. The summed E-state index contributed by atoms with van der Waals surface area (Å²) in [6.07, 6.45) is 0. The van der Waals surface area contributed by atoms with Crippen LogP contribution in [-0.4, -0.2) is 15.0 Å². The second-order valence-corrected chi connectivity index (χ2v) is 3.08. The summed E-state index contributed by atoms with van der Waals surface area (Å²) in [5, 5.41) is 0. The second-order valence-electron chi connectivity index (χ2n) is 3.08. The van der Waals surface area contributed by atoms with Crippen LogP contribution in [0.15, 0.2) is 4.79 Å². The normalized spacial score (nSPS) is 10.7. The van der Waals surface area contributed by atoms with E-state index in [2.05, 4.69) is 19.9 Å². The molecule has 0 spiro atoms. The number of H-pyrrole nitrogens is 2. The molecule has 2 aromatic heterocycles. The van der Waals surface area contributed by atoms with E-state index in [1.54, 1.807) is 6.92 Å². The fourth-order valence-corrected chi connectivity index (χ4v) is 1.19. The molecule has 4 N–H and O–H groups in total. The Labute approximate surface area is 79.2 Å². The van der Waals surface area contributed by atoms with E-state index in [1.807, 2.05) is 6.92 Å². The Bertz CT molecular complexity index is 559. The molecule has 0 atom stereocenters. The van der Waals surface area contributed by atoms with E-state index >= 15 is 0 Å². The summed E-state index contributed by atoms with van der Waals surface area (Å²) < 4.78 is 0. The molecule has 6 nitrogen and oxygen atoms in total. The molecule has 14 heavy (non-hydrogen) atoms. The van der Waals surface area contributed by atoms with Crippen molar-refractivity contribution in [2.24, 2.45) is 0 Å². The fourth-order valence-electron chi connectivity index (χ4n) is 1.19. The van der Waals surface area contributed by atoms with Crippen molar-refractivity contribution in [3.63, 3.8) is 0 Å². The largest absolute Gasteiger partial charge is 0.324 e. The number of aryl methyl sites for hydroxylation is 2. The molecule has 72 valence electrons. The zero-order valence-electron chi connectivity index (χ0n) is 7.88. The van der Waals surface area contributed by atoms with Crippen LogP contribution in [0.4, 0.5) is 5.95 Å². The van der Waals surface area contributed by atoms with Gasteiger partial charge in [0, 0.05) is 0 Å². The number of nitrogens with zero attached hydrogens (tertiary/aromatic N) is 2. The number of nitrogens with one attached hydrogen (secondary N) is 2. The van der Waals surface area contributed by atoms with Gasteiger partial charge in [0.25, 0.3) is 5.65 Å². The first kappa shape index (κ1) is 8.61. The average Bonchev–Trinajstić information content (AvgIpc) is 2.08. The number of aromatic amines is 2. The number of fused-ring (bicyclic) bond motifs is 1. The van der Waals surface area contributed by atoms with Gasteiger partial charge in [-0.15, -0.1) is 4.98 Å². The highest BCUT2D eigenvalue weighted by Crippen LogP contribution is 2.03. The van der Waals surface area contributed by atoms with Crippen LogP contribution in [0, 0.1) is 13.8 Å². The van der Waals surface area contributed by atoms with Crippen molar-refractivity contribution < 1.29 is 4.98 Å². The van der Waals surface area contributed by atoms with Gasteiger partial charge in [-0.2, -0.15) is 0 Å². The average molecular weight is 192 g/mol. The number of hydrogen-bond donors (Lipinski definition) is 2. The number of rotatable bonds is 0. The monoisotopic (exact) mass is 192 g/mol. The predicted octanol–water partition coefficient (Wildman–Crippen LogP) is -0.669. The van der Waals surface area contributed by atoms with Crippen molar-refractivity contribution in [3.05, 3.63) is 21.7 Å². The highest BCUT2D eigenvalue weighted by molar-refractivity contribution is 5.65. The van der Waals surface area contributed by atoms with Crippen LogP contribution in [0.25, 0.3) is 11.2 Å². The van der Waals surface area contributed by atoms with Gasteiger partial charge < -0.3 is 5.73 Å². The quantitative estimate of drug-likeness (QED) is 0.578. The minimum Gasteiger partial charge on any atom is -0.310 e. The van der Waals surface area contributed by atoms with E-state index in [0.717, 1.165) is 11.4 Å². The maximum Gasteiger partial charge on any atom is 0.324 e. The van der Waals surface area contributed by atoms with Crippen molar-refractivity contribution in [2.45, 2.75) is 13.8 Å². The lowest BCUT2D eigenvalue weighted by Crippen LogP contribution is -2.24. The highest BCUT2D eigenvalue weighted by Gasteiger charge is 2.11. The Kier molecular flexibility index (Phi) is 1.70. The molecule has 2 heterocycles. The molecular formula is C8H10N5O+. The van der Waals surface area contributed by atoms with Gasteiger partial charge in [0.05, 0.1) is 5.69 Å². The number of anilines is 1. The van der Waals surface area contributed by atoms with Crippen molar-refractivity contribution in [1.29, 1.82) is 0 Å². The second kappa shape index (κ2) is 2.76. The first-order valence-electron chi connectivity index (χ1n) is 4.14. The fraction of sp³-hybridized carbons (Fsp3) is 0.250. The maximum atomic E-state index is 11.4. The topological polar surface area (TPSA) is 98.8 Å². The van der Waals surface area contributed by atoms with E-state index in [-0.39, 0.29) is 17.0 Å². The smallest absolute Gasteiger partial charge is 0.310 e.